The molecule has 2 N–H and O–H groups in total. The molecule has 0 aliphatic heterocycles. The number of carboxylic acid groups (broad SMARTS) is 1. The van der Waals surface area contributed by atoms with Crippen LogP contribution in [-0.4, -0.2) is 27.1 Å². The van der Waals surface area contributed by atoms with Crippen LogP contribution in [-0.2, 0) is 6.54 Å². The van der Waals surface area contributed by atoms with E-state index in [0.29, 0.717) is 18.4 Å². The third-order valence-electron chi connectivity index (χ3n) is 2.61. The minimum absolute atomic E-state index is 0.0417. The smallest absolute Gasteiger partial charge is 0.335 e. The van der Waals surface area contributed by atoms with E-state index >= 15 is 0 Å². The van der Waals surface area contributed by atoms with Crippen LogP contribution in [0.3, 0.4) is 0 Å². The third-order valence-corrected chi connectivity index (χ3v) is 2.61. The van der Waals surface area contributed by atoms with Crippen molar-refractivity contribution in [2.24, 2.45) is 0 Å². The molecule has 1 heterocycles. The molecule has 1 aromatic carbocycles. The molecule has 21 heavy (non-hydrogen) atoms. The zero-order valence-corrected chi connectivity index (χ0v) is 11.9. The molecule has 1 aromatic heterocycles. The minimum atomic E-state index is -0.944. The van der Waals surface area contributed by atoms with Crippen LogP contribution in [0.1, 0.15) is 29.8 Å². The molecule has 0 spiro atoms. The Bertz CT molecular complexity index is 629. The van der Waals surface area contributed by atoms with Gasteiger partial charge in [-0.15, -0.1) is 0 Å². The average molecular weight is 287 g/mol. The SMILES string of the molecule is CC(C)Oc1ccnc(NCc2cccc(C(=O)O)c2)n1. The Morgan fingerprint density at radius 1 is 1.38 bits per heavy atom. The fourth-order valence-electron chi connectivity index (χ4n) is 1.73. The van der Waals surface area contributed by atoms with Gasteiger partial charge >= 0.3 is 5.97 Å². The Labute approximate surface area is 122 Å². The first-order chi connectivity index (χ1) is 10.0. The van der Waals surface area contributed by atoms with Crippen molar-refractivity contribution < 1.29 is 14.6 Å². The summed E-state index contributed by atoms with van der Waals surface area (Å²) < 4.78 is 5.49. The molecule has 110 valence electrons. The molecule has 6 nitrogen and oxygen atoms in total. The first-order valence-corrected chi connectivity index (χ1v) is 6.60. The van der Waals surface area contributed by atoms with Crippen molar-refractivity contribution in [2.45, 2.75) is 26.5 Å². The van der Waals surface area contributed by atoms with Crippen LogP contribution in [0.5, 0.6) is 5.88 Å². The van der Waals surface area contributed by atoms with Crippen LogP contribution in [0, 0.1) is 0 Å². The van der Waals surface area contributed by atoms with Gasteiger partial charge in [-0.25, -0.2) is 9.78 Å². The van der Waals surface area contributed by atoms with Crippen molar-refractivity contribution in [3.8, 4) is 5.88 Å². The molecular formula is C15H17N3O3. The molecule has 2 rings (SSSR count). The van der Waals surface area contributed by atoms with Crippen molar-refractivity contribution in [3.05, 3.63) is 47.7 Å². The summed E-state index contributed by atoms with van der Waals surface area (Å²) in [6.45, 7) is 4.28. The van der Waals surface area contributed by atoms with Crippen LogP contribution in [0.15, 0.2) is 36.5 Å². The molecule has 0 aliphatic rings. The average Bonchev–Trinajstić information content (AvgIpc) is 2.45. The number of hydrogen-bond donors (Lipinski definition) is 2. The van der Waals surface area contributed by atoms with Crippen molar-refractivity contribution in [1.29, 1.82) is 0 Å². The van der Waals surface area contributed by atoms with Gasteiger partial charge in [0.1, 0.15) is 0 Å². The van der Waals surface area contributed by atoms with Gasteiger partial charge in [-0.1, -0.05) is 12.1 Å². The van der Waals surface area contributed by atoms with Crippen LogP contribution in [0.2, 0.25) is 0 Å². The predicted molar refractivity (Wildman–Crippen MR) is 78.5 cm³/mol. The fourth-order valence-corrected chi connectivity index (χ4v) is 1.73. The summed E-state index contributed by atoms with van der Waals surface area (Å²) in [6.07, 6.45) is 1.65. The number of nitrogens with one attached hydrogen (secondary N) is 1. The number of nitrogens with zero attached hydrogens (tertiary/aromatic N) is 2. The van der Waals surface area contributed by atoms with Gasteiger partial charge in [0.05, 0.1) is 11.7 Å². The van der Waals surface area contributed by atoms with E-state index in [2.05, 4.69) is 15.3 Å². The molecule has 0 aliphatic carbocycles. The molecule has 0 atom stereocenters. The zero-order valence-electron chi connectivity index (χ0n) is 11.9. The van der Waals surface area contributed by atoms with E-state index in [4.69, 9.17) is 9.84 Å². The first-order valence-electron chi connectivity index (χ1n) is 6.60. The summed E-state index contributed by atoms with van der Waals surface area (Å²) in [5.41, 5.74) is 1.10. The second kappa shape index (κ2) is 6.69. The van der Waals surface area contributed by atoms with Gasteiger partial charge in [0, 0.05) is 18.8 Å². The topological polar surface area (TPSA) is 84.3 Å². The summed E-state index contributed by atoms with van der Waals surface area (Å²) in [5.74, 6) is -0.00362. The first kappa shape index (κ1) is 14.8. The number of rotatable bonds is 6. The summed E-state index contributed by atoms with van der Waals surface area (Å²) in [4.78, 5) is 19.2. The van der Waals surface area contributed by atoms with Crippen LogP contribution in [0.25, 0.3) is 0 Å². The molecule has 0 bridgehead atoms. The zero-order chi connectivity index (χ0) is 15.2. The number of aromatic nitrogens is 2. The van der Waals surface area contributed by atoms with E-state index in [1.54, 1.807) is 30.5 Å². The van der Waals surface area contributed by atoms with Crippen molar-refractivity contribution in [3.63, 3.8) is 0 Å². The maximum atomic E-state index is 10.9. The number of anilines is 1. The number of carboxylic acids is 1. The second-order valence-corrected chi connectivity index (χ2v) is 4.74. The van der Waals surface area contributed by atoms with Crippen LogP contribution < -0.4 is 10.1 Å². The molecule has 0 radical (unpaired) electrons. The second-order valence-electron chi connectivity index (χ2n) is 4.74. The van der Waals surface area contributed by atoms with E-state index in [1.165, 1.54) is 0 Å². The number of aromatic carboxylic acids is 1. The molecular weight excluding hydrogens is 270 g/mol. The fraction of sp³-hybridized carbons (Fsp3) is 0.267. The van der Waals surface area contributed by atoms with Gasteiger partial charge in [-0.05, 0) is 31.5 Å². The Morgan fingerprint density at radius 3 is 2.90 bits per heavy atom. The monoisotopic (exact) mass is 287 g/mol. The van der Waals surface area contributed by atoms with E-state index < -0.39 is 5.97 Å². The number of carbonyl (C=O) groups is 1. The molecule has 2 aromatic rings. The Hall–Kier alpha value is -2.63. The molecule has 0 saturated heterocycles. The van der Waals surface area contributed by atoms with Crippen molar-refractivity contribution in [1.82, 2.24) is 9.97 Å². The Morgan fingerprint density at radius 2 is 2.19 bits per heavy atom. The van der Waals surface area contributed by atoms with E-state index in [1.807, 2.05) is 19.9 Å². The summed E-state index contributed by atoms with van der Waals surface area (Å²) in [7, 11) is 0. The highest BCUT2D eigenvalue weighted by atomic mass is 16.5. The van der Waals surface area contributed by atoms with Crippen LogP contribution >= 0.6 is 0 Å². The maximum absolute atomic E-state index is 10.9. The quantitative estimate of drug-likeness (QED) is 0.849. The van der Waals surface area contributed by atoms with Gasteiger partial charge < -0.3 is 15.2 Å². The van der Waals surface area contributed by atoms with Crippen LogP contribution in [0.4, 0.5) is 5.95 Å². The number of hydrogen-bond acceptors (Lipinski definition) is 5. The third kappa shape index (κ3) is 4.45. The Kier molecular flexibility index (Phi) is 4.71. The normalized spacial score (nSPS) is 10.4. The van der Waals surface area contributed by atoms with Gasteiger partial charge in [0.15, 0.2) is 0 Å². The lowest BCUT2D eigenvalue weighted by atomic mass is 10.1. The molecule has 6 heteroatoms. The highest BCUT2D eigenvalue weighted by molar-refractivity contribution is 5.87. The number of ether oxygens (including phenoxy) is 1. The summed E-state index contributed by atoms with van der Waals surface area (Å²) >= 11 is 0. The van der Waals surface area contributed by atoms with Crippen molar-refractivity contribution in [2.75, 3.05) is 5.32 Å². The summed E-state index contributed by atoms with van der Waals surface area (Å²) in [6, 6.07) is 8.41. The van der Waals surface area contributed by atoms with E-state index in [9.17, 15) is 4.79 Å². The van der Waals surface area contributed by atoms with Gasteiger partial charge in [-0.2, -0.15) is 4.98 Å². The van der Waals surface area contributed by atoms with E-state index in [0.717, 1.165) is 5.56 Å². The van der Waals surface area contributed by atoms with Crippen molar-refractivity contribution >= 4 is 11.9 Å². The maximum Gasteiger partial charge on any atom is 0.335 e. The molecule has 0 fully saturated rings. The standard InChI is InChI=1S/C15H17N3O3/c1-10(2)21-13-6-7-16-15(18-13)17-9-11-4-3-5-12(8-11)14(19)20/h3-8,10H,9H2,1-2H3,(H,19,20)(H,16,17,18). The molecule has 0 amide bonds. The van der Waals surface area contributed by atoms with Gasteiger partial charge in [-0.3, -0.25) is 0 Å². The largest absolute Gasteiger partial charge is 0.478 e. The molecule has 0 saturated carbocycles. The predicted octanol–water partition coefficient (Wildman–Crippen LogP) is 2.57. The lowest BCUT2D eigenvalue weighted by Crippen LogP contribution is -2.09. The molecule has 0 unspecified atom stereocenters. The van der Waals surface area contributed by atoms with Gasteiger partial charge in [0.25, 0.3) is 0 Å². The number of benzene rings is 1. The minimum Gasteiger partial charge on any atom is -0.478 e. The summed E-state index contributed by atoms with van der Waals surface area (Å²) in [5, 5.41) is 12.0. The highest BCUT2D eigenvalue weighted by Crippen LogP contribution is 2.12. The Balaban J connectivity index is 2.02. The highest BCUT2D eigenvalue weighted by Gasteiger charge is 2.05. The lowest BCUT2D eigenvalue weighted by Gasteiger charge is -2.10. The van der Waals surface area contributed by atoms with Gasteiger partial charge in [0.2, 0.25) is 11.8 Å². The van der Waals surface area contributed by atoms with E-state index in [-0.39, 0.29) is 11.7 Å². The lowest BCUT2D eigenvalue weighted by molar-refractivity contribution is 0.0696.